The molecule has 0 spiro atoms. The molecule has 90 valence electrons. The third kappa shape index (κ3) is 2.07. The van der Waals surface area contributed by atoms with Crippen molar-refractivity contribution in [1.29, 1.82) is 0 Å². The molecule has 0 fully saturated rings. The number of methoxy groups -OCH3 is 1. The van der Waals surface area contributed by atoms with Gasteiger partial charge in [-0.25, -0.2) is 0 Å². The van der Waals surface area contributed by atoms with Gasteiger partial charge in [-0.05, 0) is 35.3 Å². The Bertz CT molecular complexity index is 569. The molecule has 0 radical (unpaired) electrons. The maximum atomic E-state index is 5.85. The summed E-state index contributed by atoms with van der Waals surface area (Å²) in [7, 11) is 2.34. The third-order valence-electron chi connectivity index (χ3n) is 2.99. The van der Waals surface area contributed by atoms with E-state index in [1.54, 1.807) is 7.11 Å². The van der Waals surface area contributed by atoms with E-state index in [1.165, 1.54) is 11.0 Å². The molecular formula is C14H13BO3. The van der Waals surface area contributed by atoms with Crippen molar-refractivity contribution in [2.45, 2.75) is 6.61 Å². The van der Waals surface area contributed by atoms with Crippen LogP contribution in [0.4, 0.5) is 0 Å². The summed E-state index contributed by atoms with van der Waals surface area (Å²) in [6.07, 6.45) is 0. The molecule has 3 rings (SSSR count). The lowest BCUT2D eigenvalue weighted by Crippen LogP contribution is -2.10. The second kappa shape index (κ2) is 4.74. The molecule has 18 heavy (non-hydrogen) atoms. The van der Waals surface area contributed by atoms with Crippen LogP contribution < -0.4 is 14.9 Å². The van der Waals surface area contributed by atoms with Crippen LogP contribution in [0, 0.1) is 0 Å². The largest absolute Gasteiger partial charge is 0.493 e. The number of ether oxygens (including phenoxy) is 2. The van der Waals surface area contributed by atoms with E-state index >= 15 is 0 Å². The molecular weight excluding hydrogens is 227 g/mol. The number of hydrogen-bond donors (Lipinski definition) is 0. The van der Waals surface area contributed by atoms with Crippen molar-refractivity contribution in [3.63, 3.8) is 0 Å². The van der Waals surface area contributed by atoms with Gasteiger partial charge in [0.2, 0.25) is 0 Å². The first-order valence-electron chi connectivity index (χ1n) is 5.87. The fraction of sp³-hybridized carbons (Fsp3) is 0.143. The Morgan fingerprint density at radius 2 is 1.94 bits per heavy atom. The highest BCUT2D eigenvalue weighted by atomic mass is 16.5. The van der Waals surface area contributed by atoms with Crippen molar-refractivity contribution in [3.8, 4) is 17.2 Å². The van der Waals surface area contributed by atoms with E-state index in [2.05, 4.69) is 0 Å². The Balaban J connectivity index is 1.88. The summed E-state index contributed by atoms with van der Waals surface area (Å²) in [5, 5.41) is 0. The Hall–Kier alpha value is -1.94. The average molecular weight is 240 g/mol. The number of hydrogen-bond acceptors (Lipinski definition) is 3. The molecule has 4 heteroatoms. The van der Waals surface area contributed by atoms with Crippen molar-refractivity contribution in [1.82, 2.24) is 0 Å². The first-order chi connectivity index (χ1) is 8.86. The monoisotopic (exact) mass is 240 g/mol. The predicted octanol–water partition coefficient (Wildman–Crippen LogP) is 1.99. The minimum Gasteiger partial charge on any atom is -0.493 e. The van der Waals surface area contributed by atoms with Crippen molar-refractivity contribution < 1.29 is 14.1 Å². The van der Waals surface area contributed by atoms with Crippen LogP contribution in [0.5, 0.6) is 17.2 Å². The van der Waals surface area contributed by atoms with Gasteiger partial charge in [-0.2, -0.15) is 0 Å². The van der Waals surface area contributed by atoms with E-state index in [1.807, 2.05) is 42.5 Å². The van der Waals surface area contributed by atoms with Gasteiger partial charge in [0.05, 0.1) is 13.7 Å². The molecule has 0 atom stereocenters. The molecule has 0 amide bonds. The second-order valence-electron chi connectivity index (χ2n) is 4.18. The molecule has 0 aromatic heterocycles. The molecule has 0 bridgehead atoms. The van der Waals surface area contributed by atoms with Gasteiger partial charge < -0.3 is 14.1 Å². The first kappa shape index (κ1) is 11.2. The Kier molecular flexibility index (Phi) is 2.94. The zero-order chi connectivity index (χ0) is 12.4. The maximum Gasteiger partial charge on any atom is 0.309 e. The number of para-hydroxylation sites is 2. The lowest BCUT2D eigenvalue weighted by molar-refractivity contribution is 0.344. The molecule has 0 unspecified atom stereocenters. The average Bonchev–Trinajstić information content (AvgIpc) is 2.87. The molecule has 1 heterocycles. The highest BCUT2D eigenvalue weighted by molar-refractivity contribution is 6.48. The van der Waals surface area contributed by atoms with E-state index in [4.69, 9.17) is 14.1 Å². The summed E-state index contributed by atoms with van der Waals surface area (Å²) in [4.78, 5) is 0. The number of fused-ring (bicyclic) bond motifs is 1. The Morgan fingerprint density at radius 3 is 2.78 bits per heavy atom. The Labute approximate surface area is 107 Å². The maximum absolute atomic E-state index is 5.85. The lowest BCUT2D eigenvalue weighted by Gasteiger charge is -2.10. The summed E-state index contributed by atoms with van der Waals surface area (Å²) in [6.45, 7) is 0.665. The Morgan fingerprint density at radius 1 is 1.11 bits per heavy atom. The van der Waals surface area contributed by atoms with Crippen molar-refractivity contribution in [2.75, 3.05) is 7.11 Å². The molecule has 0 N–H and O–H groups in total. The van der Waals surface area contributed by atoms with Crippen molar-refractivity contribution in [2.24, 2.45) is 0 Å². The van der Waals surface area contributed by atoms with E-state index in [0.29, 0.717) is 14.1 Å². The van der Waals surface area contributed by atoms with Crippen molar-refractivity contribution >= 4 is 12.9 Å². The molecule has 2 aromatic carbocycles. The fourth-order valence-corrected chi connectivity index (χ4v) is 2.04. The quantitative estimate of drug-likeness (QED) is 0.768. The molecule has 1 aliphatic rings. The van der Waals surface area contributed by atoms with Crippen LogP contribution in [0.25, 0.3) is 0 Å². The summed E-state index contributed by atoms with van der Waals surface area (Å²) in [6, 6.07) is 13.6. The predicted molar refractivity (Wildman–Crippen MR) is 71.1 cm³/mol. The minimum absolute atomic E-state index is 0.665. The summed E-state index contributed by atoms with van der Waals surface area (Å²) in [5.74, 6) is 2.26. The smallest absolute Gasteiger partial charge is 0.309 e. The minimum atomic E-state index is 0.665. The molecule has 2 aromatic rings. The van der Waals surface area contributed by atoms with Crippen LogP contribution in [0.2, 0.25) is 0 Å². The number of rotatable bonds is 3. The molecule has 0 aliphatic carbocycles. The summed E-state index contributed by atoms with van der Waals surface area (Å²) in [5.41, 5.74) is 2.43. The SMILES string of the molecule is COc1ccccc1Oc1ccc2c(c1)COB2. The van der Waals surface area contributed by atoms with Crippen molar-refractivity contribution in [3.05, 3.63) is 48.0 Å². The van der Waals surface area contributed by atoms with Crippen LogP contribution in [-0.4, -0.2) is 14.6 Å². The number of benzene rings is 2. The van der Waals surface area contributed by atoms with Gasteiger partial charge in [-0.1, -0.05) is 18.2 Å². The fourth-order valence-electron chi connectivity index (χ4n) is 2.04. The van der Waals surface area contributed by atoms with Gasteiger partial charge in [-0.3, -0.25) is 0 Å². The zero-order valence-corrected chi connectivity index (χ0v) is 10.2. The standard InChI is InChI=1S/C14H13BO3/c1-16-13-4-2-3-5-14(13)18-11-6-7-12-10(8-11)9-17-15-12/h2-8,15H,9H2,1H3. The van der Waals surface area contributed by atoms with Gasteiger partial charge in [0.25, 0.3) is 0 Å². The van der Waals surface area contributed by atoms with E-state index in [0.717, 1.165) is 17.2 Å². The van der Waals surface area contributed by atoms with Crippen LogP contribution in [0.3, 0.4) is 0 Å². The van der Waals surface area contributed by atoms with Crippen LogP contribution >= 0.6 is 0 Å². The van der Waals surface area contributed by atoms with Crippen LogP contribution in [0.1, 0.15) is 5.56 Å². The van der Waals surface area contributed by atoms with E-state index in [9.17, 15) is 0 Å². The highest BCUT2D eigenvalue weighted by Crippen LogP contribution is 2.31. The topological polar surface area (TPSA) is 27.7 Å². The molecule has 0 saturated heterocycles. The van der Waals surface area contributed by atoms with Gasteiger partial charge in [0.1, 0.15) is 5.75 Å². The van der Waals surface area contributed by atoms with Crippen LogP contribution in [-0.2, 0) is 11.3 Å². The zero-order valence-electron chi connectivity index (χ0n) is 10.2. The molecule has 1 aliphatic heterocycles. The lowest BCUT2D eigenvalue weighted by atomic mass is 9.87. The highest BCUT2D eigenvalue weighted by Gasteiger charge is 2.14. The van der Waals surface area contributed by atoms with Gasteiger partial charge in [0.15, 0.2) is 11.5 Å². The van der Waals surface area contributed by atoms with Crippen LogP contribution in [0.15, 0.2) is 42.5 Å². The third-order valence-corrected chi connectivity index (χ3v) is 2.99. The first-order valence-corrected chi connectivity index (χ1v) is 5.87. The summed E-state index contributed by atoms with van der Waals surface area (Å²) < 4.78 is 16.5. The second-order valence-corrected chi connectivity index (χ2v) is 4.18. The van der Waals surface area contributed by atoms with Gasteiger partial charge >= 0.3 is 7.48 Å². The van der Waals surface area contributed by atoms with E-state index in [-0.39, 0.29) is 0 Å². The van der Waals surface area contributed by atoms with Gasteiger partial charge in [-0.15, -0.1) is 0 Å². The van der Waals surface area contributed by atoms with Gasteiger partial charge in [0, 0.05) is 0 Å². The summed E-state index contributed by atoms with van der Waals surface area (Å²) >= 11 is 0. The normalized spacial score (nSPS) is 12.7. The molecule has 0 saturated carbocycles. The molecule has 3 nitrogen and oxygen atoms in total. The van der Waals surface area contributed by atoms with E-state index < -0.39 is 0 Å².